The van der Waals surface area contributed by atoms with Gasteiger partial charge < -0.3 is 0 Å². The first kappa shape index (κ1) is 11.7. The first-order valence-corrected chi connectivity index (χ1v) is 5.10. The van der Waals surface area contributed by atoms with Crippen molar-refractivity contribution in [2.45, 2.75) is 20.3 Å². The van der Waals surface area contributed by atoms with Crippen LogP contribution in [0.1, 0.15) is 30.6 Å². The number of nitrogens with zero attached hydrogens (tertiary/aromatic N) is 1. The van der Waals surface area contributed by atoms with E-state index in [0.29, 0.717) is 10.6 Å². The van der Waals surface area contributed by atoms with Crippen molar-refractivity contribution >= 4 is 23.2 Å². The minimum atomic E-state index is -0.223. The molecular formula is C11H13ClN2O. The molecule has 0 aliphatic carbocycles. The Kier molecular flexibility index (Phi) is 4.31. The van der Waals surface area contributed by atoms with Crippen LogP contribution in [0.3, 0.4) is 0 Å². The van der Waals surface area contributed by atoms with Crippen molar-refractivity contribution in [1.29, 1.82) is 0 Å². The number of halogens is 1. The monoisotopic (exact) mass is 224 g/mol. The van der Waals surface area contributed by atoms with E-state index in [1.54, 1.807) is 24.3 Å². The SMILES string of the molecule is CCC(C)=NNC(=O)c1ccc(Cl)cc1. The average molecular weight is 225 g/mol. The van der Waals surface area contributed by atoms with Crippen LogP contribution in [0.15, 0.2) is 29.4 Å². The second-order valence-electron chi connectivity index (χ2n) is 3.15. The third-order valence-corrected chi connectivity index (χ3v) is 2.22. The Hall–Kier alpha value is -1.35. The number of rotatable bonds is 3. The molecule has 80 valence electrons. The Balaban J connectivity index is 2.66. The number of carbonyl (C=O) groups excluding carboxylic acids is 1. The van der Waals surface area contributed by atoms with Gasteiger partial charge in [-0.05, 0) is 37.6 Å². The molecule has 0 saturated heterocycles. The molecule has 3 nitrogen and oxygen atoms in total. The number of amides is 1. The van der Waals surface area contributed by atoms with Gasteiger partial charge >= 0.3 is 0 Å². The summed E-state index contributed by atoms with van der Waals surface area (Å²) in [5.41, 5.74) is 3.91. The summed E-state index contributed by atoms with van der Waals surface area (Å²) in [6, 6.07) is 6.67. The average Bonchev–Trinajstić information content (AvgIpc) is 2.26. The Labute approximate surface area is 94.1 Å². The van der Waals surface area contributed by atoms with Crippen molar-refractivity contribution in [3.8, 4) is 0 Å². The van der Waals surface area contributed by atoms with E-state index in [-0.39, 0.29) is 5.91 Å². The molecule has 4 heteroatoms. The Morgan fingerprint density at radius 1 is 1.40 bits per heavy atom. The molecular weight excluding hydrogens is 212 g/mol. The van der Waals surface area contributed by atoms with Gasteiger partial charge in [0.1, 0.15) is 0 Å². The lowest BCUT2D eigenvalue weighted by atomic mass is 10.2. The van der Waals surface area contributed by atoms with Gasteiger partial charge in [-0.2, -0.15) is 5.10 Å². The number of benzene rings is 1. The van der Waals surface area contributed by atoms with E-state index in [1.807, 2.05) is 13.8 Å². The maximum atomic E-state index is 11.5. The minimum Gasteiger partial charge on any atom is -0.267 e. The van der Waals surface area contributed by atoms with E-state index >= 15 is 0 Å². The van der Waals surface area contributed by atoms with Crippen molar-refractivity contribution in [3.05, 3.63) is 34.9 Å². The molecule has 0 aromatic heterocycles. The van der Waals surface area contributed by atoms with Gasteiger partial charge in [0, 0.05) is 16.3 Å². The predicted molar refractivity (Wildman–Crippen MR) is 62.3 cm³/mol. The van der Waals surface area contributed by atoms with Gasteiger partial charge in [0.15, 0.2) is 0 Å². The van der Waals surface area contributed by atoms with E-state index in [1.165, 1.54) is 0 Å². The molecule has 0 aliphatic heterocycles. The summed E-state index contributed by atoms with van der Waals surface area (Å²) in [5, 5.41) is 4.54. The molecule has 0 radical (unpaired) electrons. The number of nitrogens with one attached hydrogen (secondary N) is 1. The van der Waals surface area contributed by atoms with Crippen LogP contribution < -0.4 is 5.43 Å². The molecule has 0 atom stereocenters. The molecule has 0 spiro atoms. The molecule has 1 N–H and O–H groups in total. The van der Waals surface area contributed by atoms with E-state index in [0.717, 1.165) is 12.1 Å². The molecule has 0 heterocycles. The summed E-state index contributed by atoms with van der Waals surface area (Å²) in [4.78, 5) is 11.5. The summed E-state index contributed by atoms with van der Waals surface area (Å²) in [6.07, 6.45) is 0.820. The highest BCUT2D eigenvalue weighted by molar-refractivity contribution is 6.30. The minimum absolute atomic E-state index is 0.223. The Morgan fingerprint density at radius 3 is 2.53 bits per heavy atom. The molecule has 0 saturated carbocycles. The summed E-state index contributed by atoms with van der Waals surface area (Å²) < 4.78 is 0. The summed E-state index contributed by atoms with van der Waals surface area (Å²) in [5.74, 6) is -0.223. The van der Waals surface area contributed by atoms with Crippen molar-refractivity contribution in [1.82, 2.24) is 5.43 Å². The smallest absolute Gasteiger partial charge is 0.267 e. The fraction of sp³-hybridized carbons (Fsp3) is 0.273. The summed E-state index contributed by atoms with van der Waals surface area (Å²) in [7, 11) is 0. The lowest BCUT2D eigenvalue weighted by molar-refractivity contribution is 0.0954. The van der Waals surface area contributed by atoms with Crippen molar-refractivity contribution in [2.75, 3.05) is 0 Å². The van der Waals surface area contributed by atoms with E-state index in [2.05, 4.69) is 10.5 Å². The molecule has 0 unspecified atom stereocenters. The second kappa shape index (κ2) is 5.51. The molecule has 1 amide bonds. The van der Waals surface area contributed by atoms with Gasteiger partial charge in [-0.1, -0.05) is 18.5 Å². The van der Waals surface area contributed by atoms with Gasteiger partial charge in [-0.15, -0.1) is 0 Å². The fourth-order valence-electron chi connectivity index (χ4n) is 0.891. The highest BCUT2D eigenvalue weighted by atomic mass is 35.5. The molecule has 1 aromatic rings. The number of carbonyl (C=O) groups is 1. The van der Waals surface area contributed by atoms with Crippen LogP contribution >= 0.6 is 11.6 Å². The van der Waals surface area contributed by atoms with Gasteiger partial charge in [0.2, 0.25) is 0 Å². The van der Waals surface area contributed by atoms with Crippen molar-refractivity contribution < 1.29 is 4.79 Å². The Morgan fingerprint density at radius 2 is 2.00 bits per heavy atom. The van der Waals surface area contributed by atoms with Crippen LogP contribution in [-0.2, 0) is 0 Å². The van der Waals surface area contributed by atoms with Crippen LogP contribution in [0.2, 0.25) is 5.02 Å². The lowest BCUT2D eigenvalue weighted by Crippen LogP contribution is -2.18. The molecule has 1 aromatic carbocycles. The topological polar surface area (TPSA) is 41.5 Å². The third kappa shape index (κ3) is 3.72. The second-order valence-corrected chi connectivity index (χ2v) is 3.58. The third-order valence-electron chi connectivity index (χ3n) is 1.97. The van der Waals surface area contributed by atoms with Crippen LogP contribution in [0.25, 0.3) is 0 Å². The predicted octanol–water partition coefficient (Wildman–Crippen LogP) is 2.86. The Bertz CT molecular complexity index is 371. The summed E-state index contributed by atoms with van der Waals surface area (Å²) >= 11 is 5.71. The molecule has 0 bridgehead atoms. The quantitative estimate of drug-likeness (QED) is 0.623. The number of hydrogen-bond donors (Lipinski definition) is 1. The summed E-state index contributed by atoms with van der Waals surface area (Å²) in [6.45, 7) is 3.84. The molecule has 0 fully saturated rings. The highest BCUT2D eigenvalue weighted by Gasteiger charge is 2.03. The number of hydrogen-bond acceptors (Lipinski definition) is 2. The van der Waals surface area contributed by atoms with E-state index in [9.17, 15) is 4.79 Å². The zero-order valence-corrected chi connectivity index (χ0v) is 9.51. The standard InChI is InChI=1S/C11H13ClN2O/c1-3-8(2)13-14-11(15)9-4-6-10(12)7-5-9/h4-7H,3H2,1-2H3,(H,14,15). The van der Waals surface area contributed by atoms with Gasteiger partial charge in [-0.3, -0.25) is 4.79 Å². The largest absolute Gasteiger partial charge is 0.271 e. The van der Waals surface area contributed by atoms with E-state index in [4.69, 9.17) is 11.6 Å². The van der Waals surface area contributed by atoms with Crippen LogP contribution in [0.4, 0.5) is 0 Å². The number of hydrazone groups is 1. The zero-order chi connectivity index (χ0) is 11.3. The van der Waals surface area contributed by atoms with Crippen LogP contribution in [0, 0.1) is 0 Å². The van der Waals surface area contributed by atoms with Crippen molar-refractivity contribution in [2.24, 2.45) is 5.10 Å². The van der Waals surface area contributed by atoms with Crippen LogP contribution in [-0.4, -0.2) is 11.6 Å². The highest BCUT2D eigenvalue weighted by Crippen LogP contribution is 2.09. The maximum Gasteiger partial charge on any atom is 0.271 e. The molecule has 15 heavy (non-hydrogen) atoms. The lowest BCUT2D eigenvalue weighted by Gasteiger charge is -2.01. The first-order chi connectivity index (χ1) is 7.13. The zero-order valence-electron chi connectivity index (χ0n) is 8.75. The van der Waals surface area contributed by atoms with E-state index < -0.39 is 0 Å². The first-order valence-electron chi connectivity index (χ1n) is 4.72. The molecule has 0 aliphatic rings. The van der Waals surface area contributed by atoms with Gasteiger partial charge in [0.25, 0.3) is 5.91 Å². The molecule has 1 rings (SSSR count). The van der Waals surface area contributed by atoms with Gasteiger partial charge in [0.05, 0.1) is 0 Å². The van der Waals surface area contributed by atoms with Crippen LogP contribution in [0.5, 0.6) is 0 Å². The maximum absolute atomic E-state index is 11.5. The van der Waals surface area contributed by atoms with Crippen molar-refractivity contribution in [3.63, 3.8) is 0 Å². The normalized spacial score (nSPS) is 11.3. The fourth-order valence-corrected chi connectivity index (χ4v) is 1.02. The van der Waals surface area contributed by atoms with Gasteiger partial charge in [-0.25, -0.2) is 5.43 Å².